The summed E-state index contributed by atoms with van der Waals surface area (Å²) < 4.78 is 28.4. The zero-order valence-corrected chi connectivity index (χ0v) is 20.6. The summed E-state index contributed by atoms with van der Waals surface area (Å²) in [6.07, 6.45) is -0.373. The molecule has 1 aromatic heterocycles. The molecule has 1 unspecified atom stereocenters. The fraction of sp³-hybridized carbons (Fsp3) is 0.565. The van der Waals surface area contributed by atoms with Crippen LogP contribution in [0.3, 0.4) is 0 Å². The van der Waals surface area contributed by atoms with Crippen molar-refractivity contribution in [3.63, 3.8) is 0 Å². The molecule has 196 valence electrons. The van der Waals surface area contributed by atoms with Gasteiger partial charge < -0.3 is 24.8 Å². The van der Waals surface area contributed by atoms with Crippen molar-refractivity contribution >= 4 is 28.8 Å². The van der Waals surface area contributed by atoms with Crippen molar-refractivity contribution in [3.05, 3.63) is 32.7 Å². The maximum atomic E-state index is 15.6. The van der Waals surface area contributed by atoms with E-state index in [-0.39, 0.29) is 47.6 Å². The van der Waals surface area contributed by atoms with Gasteiger partial charge in [0.05, 0.1) is 18.0 Å². The van der Waals surface area contributed by atoms with E-state index in [0.717, 1.165) is 6.07 Å². The van der Waals surface area contributed by atoms with Crippen molar-refractivity contribution in [1.29, 1.82) is 0 Å². The van der Waals surface area contributed by atoms with Crippen LogP contribution in [0.4, 0.5) is 19.7 Å². The number of fused-ring (bicyclic) bond motifs is 1. The van der Waals surface area contributed by atoms with Gasteiger partial charge in [0.15, 0.2) is 11.6 Å². The number of aromatic nitrogens is 2. The largest absolute Gasteiger partial charge is 0.489 e. The van der Waals surface area contributed by atoms with Crippen LogP contribution in [0.2, 0.25) is 0 Å². The van der Waals surface area contributed by atoms with Gasteiger partial charge in [0.2, 0.25) is 0 Å². The molecule has 0 radical (unpaired) electrons. The second kappa shape index (κ2) is 9.36. The molecule has 4 rings (SSSR count). The third-order valence-electron chi connectivity index (χ3n) is 5.89. The molecule has 13 heteroatoms. The highest BCUT2D eigenvalue weighted by Gasteiger charge is 2.35. The molecule has 1 aromatic carbocycles. The summed E-state index contributed by atoms with van der Waals surface area (Å²) in [5.74, 6) is -0.724. The molecule has 1 atom stereocenters. The number of hydrogen-bond donors (Lipinski definition) is 3. The van der Waals surface area contributed by atoms with E-state index in [1.165, 1.54) is 4.57 Å². The number of carbonyl (C=O) groups excluding carboxylic acids is 1. The van der Waals surface area contributed by atoms with Gasteiger partial charge in [-0.1, -0.05) is 0 Å². The van der Waals surface area contributed by atoms with E-state index < -0.39 is 34.9 Å². The number of nitrogens with zero attached hydrogens (tertiary/aromatic N) is 3. The average molecular weight is 508 g/mol. The third-order valence-corrected chi connectivity index (χ3v) is 5.89. The molecule has 3 N–H and O–H groups in total. The molecule has 12 nitrogen and oxygen atoms in total. The number of halogens is 1. The van der Waals surface area contributed by atoms with Gasteiger partial charge >= 0.3 is 17.9 Å². The molecule has 1 aliphatic carbocycles. The van der Waals surface area contributed by atoms with Crippen molar-refractivity contribution in [1.82, 2.24) is 14.6 Å². The Hall–Kier alpha value is -3.77. The lowest BCUT2D eigenvalue weighted by Crippen LogP contribution is -2.46. The number of anilines is 1. The smallest absolute Gasteiger partial charge is 0.424 e. The van der Waals surface area contributed by atoms with Crippen molar-refractivity contribution < 1.29 is 28.6 Å². The van der Waals surface area contributed by atoms with E-state index in [1.807, 2.05) is 0 Å². The predicted molar refractivity (Wildman–Crippen MR) is 129 cm³/mol. The van der Waals surface area contributed by atoms with Gasteiger partial charge in [-0.25, -0.2) is 24.2 Å². The third kappa shape index (κ3) is 4.95. The number of carbonyl (C=O) groups is 2. The maximum absolute atomic E-state index is 15.6. The normalized spacial score (nSPS) is 17.8. The first-order valence-electron chi connectivity index (χ1n) is 11.8. The second-order valence-electron chi connectivity index (χ2n) is 9.88. The number of amides is 2. The zero-order valence-electron chi connectivity index (χ0n) is 20.6. The van der Waals surface area contributed by atoms with Gasteiger partial charge in [-0.05, 0) is 53.0 Å². The Morgan fingerprint density at radius 3 is 2.50 bits per heavy atom. The van der Waals surface area contributed by atoms with Crippen molar-refractivity contribution in [2.75, 3.05) is 30.0 Å². The molecule has 2 aliphatic rings. The number of alkyl carbamates (subject to hydrolysis) is 1. The molecule has 2 heterocycles. The highest BCUT2D eigenvalue weighted by Crippen LogP contribution is 2.43. The van der Waals surface area contributed by atoms with Gasteiger partial charge in [0.25, 0.3) is 5.56 Å². The molecule has 36 heavy (non-hydrogen) atoms. The summed E-state index contributed by atoms with van der Waals surface area (Å²) in [5, 5.41) is 11.7. The molecular formula is C23H30FN5O7. The molecule has 1 saturated carbocycles. The molecule has 1 aliphatic heterocycles. The average Bonchev–Trinajstić information content (AvgIpc) is 3.49. The summed E-state index contributed by atoms with van der Waals surface area (Å²) in [7, 11) is 0. The fourth-order valence-electron chi connectivity index (χ4n) is 4.42. The maximum Gasteiger partial charge on any atom is 0.424 e. The molecule has 0 spiro atoms. The van der Waals surface area contributed by atoms with Gasteiger partial charge in [-0.3, -0.25) is 9.36 Å². The van der Waals surface area contributed by atoms with Crippen LogP contribution in [0.15, 0.2) is 15.7 Å². The summed E-state index contributed by atoms with van der Waals surface area (Å²) in [6, 6.07) is 0.408. The summed E-state index contributed by atoms with van der Waals surface area (Å²) in [4.78, 5) is 51.3. The Morgan fingerprint density at radius 1 is 1.22 bits per heavy atom. The van der Waals surface area contributed by atoms with E-state index in [4.69, 9.17) is 14.6 Å². The SMILES string of the molecule is CCOc1c(N2CCC(NC(=O)OC(C)(C)C)C2)c(F)cc2c(=O)n(NC(=O)O)c(=O)n(C3CC3)c12. The Labute approximate surface area is 205 Å². The van der Waals surface area contributed by atoms with Crippen LogP contribution < -0.4 is 31.6 Å². The van der Waals surface area contributed by atoms with Crippen LogP contribution in [0, 0.1) is 5.82 Å². The Bertz CT molecular complexity index is 1330. The highest BCUT2D eigenvalue weighted by molar-refractivity contribution is 5.91. The molecule has 0 bridgehead atoms. The van der Waals surface area contributed by atoms with Crippen LogP contribution >= 0.6 is 0 Å². The van der Waals surface area contributed by atoms with Crippen LogP contribution in [0.5, 0.6) is 5.75 Å². The summed E-state index contributed by atoms with van der Waals surface area (Å²) in [6.45, 7) is 7.74. The topological polar surface area (TPSA) is 144 Å². The molecule has 2 fully saturated rings. The summed E-state index contributed by atoms with van der Waals surface area (Å²) >= 11 is 0. The Balaban J connectivity index is 1.81. The first-order chi connectivity index (χ1) is 16.9. The molecular weight excluding hydrogens is 477 g/mol. The van der Waals surface area contributed by atoms with Crippen molar-refractivity contribution in [3.8, 4) is 5.75 Å². The number of benzene rings is 1. The van der Waals surface area contributed by atoms with E-state index in [0.29, 0.717) is 30.5 Å². The minimum atomic E-state index is -1.60. The standard InChI is InChI=1S/C23H30FN5O7/c1-5-35-18-16-14(19(30)29(26-20(31)32)22(34)28(16)13-6-7-13)10-15(24)17(18)27-9-8-12(11-27)25-21(33)36-23(2,3)4/h10,12-13,26H,5-9,11H2,1-4H3,(H,25,33)(H,31,32). The number of hydrogen-bond acceptors (Lipinski definition) is 7. The first kappa shape index (κ1) is 25.3. The van der Waals surface area contributed by atoms with Crippen molar-refractivity contribution in [2.24, 2.45) is 0 Å². The minimum Gasteiger partial charge on any atom is -0.489 e. The van der Waals surface area contributed by atoms with Crippen LogP contribution in [0.1, 0.15) is 53.0 Å². The minimum absolute atomic E-state index is 0.0361. The van der Waals surface area contributed by atoms with E-state index >= 15 is 4.39 Å². The lowest BCUT2D eigenvalue weighted by molar-refractivity contribution is 0.0509. The summed E-state index contributed by atoms with van der Waals surface area (Å²) in [5.41, 5.74) is -0.530. The predicted octanol–water partition coefficient (Wildman–Crippen LogP) is 2.36. The first-order valence-corrected chi connectivity index (χ1v) is 11.8. The molecule has 2 amide bonds. The Kier molecular flexibility index (Phi) is 6.58. The van der Waals surface area contributed by atoms with Gasteiger partial charge in [0.1, 0.15) is 16.8 Å². The second-order valence-corrected chi connectivity index (χ2v) is 9.88. The fourth-order valence-corrected chi connectivity index (χ4v) is 4.42. The quantitative estimate of drug-likeness (QED) is 0.541. The van der Waals surface area contributed by atoms with Crippen molar-refractivity contribution in [2.45, 2.75) is 64.6 Å². The van der Waals surface area contributed by atoms with E-state index in [9.17, 15) is 19.2 Å². The number of nitrogens with one attached hydrogen (secondary N) is 2. The van der Waals surface area contributed by atoms with Crippen LogP contribution in [-0.2, 0) is 4.74 Å². The Morgan fingerprint density at radius 2 is 1.92 bits per heavy atom. The molecule has 1 saturated heterocycles. The highest BCUT2D eigenvalue weighted by atomic mass is 19.1. The lowest BCUT2D eigenvalue weighted by atomic mass is 10.1. The van der Waals surface area contributed by atoms with Gasteiger partial charge in [0, 0.05) is 19.1 Å². The van der Waals surface area contributed by atoms with Gasteiger partial charge in [-0.2, -0.15) is 4.68 Å². The number of rotatable bonds is 6. The van der Waals surface area contributed by atoms with Gasteiger partial charge in [-0.15, -0.1) is 0 Å². The lowest BCUT2D eigenvalue weighted by Gasteiger charge is -2.25. The van der Waals surface area contributed by atoms with Crippen LogP contribution in [0.25, 0.3) is 10.9 Å². The van der Waals surface area contributed by atoms with E-state index in [1.54, 1.807) is 38.0 Å². The van der Waals surface area contributed by atoms with E-state index in [2.05, 4.69) is 5.32 Å². The zero-order chi connectivity index (χ0) is 26.4. The monoisotopic (exact) mass is 507 g/mol. The number of ether oxygens (including phenoxy) is 2. The molecule has 2 aromatic rings. The van der Waals surface area contributed by atoms with Crippen LogP contribution in [-0.4, -0.2) is 57.9 Å². The number of carboxylic acid groups (broad SMARTS) is 1.